The van der Waals surface area contributed by atoms with E-state index in [9.17, 15) is 19.2 Å². The summed E-state index contributed by atoms with van der Waals surface area (Å²) in [5, 5.41) is -0.219. The molecule has 0 heterocycles. The topological polar surface area (TPSA) is 118 Å². The Hall–Kier alpha value is -4.55. The van der Waals surface area contributed by atoms with Gasteiger partial charge in [-0.25, -0.2) is 18.8 Å². The van der Waals surface area contributed by atoms with Gasteiger partial charge in [-0.05, 0) is 84.3 Å². The number of ketones is 1. The highest BCUT2D eigenvalue weighted by atomic mass is 28.4. The van der Waals surface area contributed by atoms with Crippen molar-refractivity contribution in [1.82, 2.24) is 0 Å². The molecule has 0 spiro atoms. The molecule has 0 unspecified atom stereocenters. The van der Waals surface area contributed by atoms with Gasteiger partial charge in [0.15, 0.2) is 19.9 Å². The van der Waals surface area contributed by atoms with Crippen LogP contribution in [0.4, 0.5) is 19.7 Å². The maximum atomic E-state index is 17.0. The second kappa shape index (κ2) is 16.4. The van der Waals surface area contributed by atoms with Gasteiger partial charge in [0.05, 0.1) is 6.61 Å². The van der Waals surface area contributed by atoms with Crippen molar-refractivity contribution in [3.05, 3.63) is 88.7 Å². The second-order valence-electron chi connectivity index (χ2n) is 16.0. The van der Waals surface area contributed by atoms with Gasteiger partial charge < -0.3 is 23.4 Å². The van der Waals surface area contributed by atoms with Crippen molar-refractivity contribution < 1.29 is 46.9 Å². The van der Waals surface area contributed by atoms with Crippen LogP contribution in [-0.2, 0) is 31.7 Å². The minimum Gasteiger partial charge on any atom is -0.486 e. The van der Waals surface area contributed by atoms with Crippen LogP contribution in [0.5, 0.6) is 11.5 Å². The van der Waals surface area contributed by atoms with E-state index in [1.54, 1.807) is 84.0 Å². The molecule has 3 aromatic rings. The molecule has 0 saturated carbocycles. The predicted octanol–water partition coefficient (Wildman–Crippen LogP) is 9.74. The molecule has 0 radical (unpaired) electrons. The zero-order valence-corrected chi connectivity index (χ0v) is 33.4. The molecule has 12 heteroatoms. The summed E-state index contributed by atoms with van der Waals surface area (Å²) in [6.07, 6.45) is -3.12. The zero-order valence-electron chi connectivity index (χ0n) is 32.4. The molecular weight excluding hydrogens is 686 g/mol. The Morgan fingerprint density at radius 3 is 1.75 bits per heavy atom. The van der Waals surface area contributed by atoms with Crippen LogP contribution in [0.3, 0.4) is 0 Å². The Kier molecular flexibility index (Phi) is 13.2. The number of amides is 2. The lowest BCUT2D eigenvalue weighted by Gasteiger charge is -2.36. The molecule has 3 aromatic carbocycles. The van der Waals surface area contributed by atoms with E-state index in [2.05, 4.69) is 0 Å². The molecule has 52 heavy (non-hydrogen) atoms. The van der Waals surface area contributed by atoms with Gasteiger partial charge in [0.25, 0.3) is 0 Å². The van der Waals surface area contributed by atoms with Crippen molar-refractivity contribution in [2.75, 3.05) is 11.5 Å². The monoisotopic (exact) mass is 737 g/mol. The highest BCUT2D eigenvalue weighted by molar-refractivity contribution is 6.74. The summed E-state index contributed by atoms with van der Waals surface area (Å²) in [5.41, 5.74) is -3.16. The first kappa shape index (κ1) is 41.9. The van der Waals surface area contributed by atoms with E-state index < -0.39 is 72.5 Å². The maximum absolute atomic E-state index is 17.0. The van der Waals surface area contributed by atoms with Gasteiger partial charge in [0, 0.05) is 17.5 Å². The lowest BCUT2D eigenvalue weighted by Crippen LogP contribution is -2.45. The average Bonchev–Trinajstić information content (AvgIpc) is 3.01. The summed E-state index contributed by atoms with van der Waals surface area (Å²) < 4.78 is 46.4. The number of anilines is 1. The average molecular weight is 738 g/mol. The number of carbonyl (C=O) groups excluding carboxylic acids is 4. The van der Waals surface area contributed by atoms with Crippen molar-refractivity contribution >= 4 is 37.9 Å². The van der Waals surface area contributed by atoms with Crippen LogP contribution in [0, 0.1) is 12.7 Å². The van der Waals surface area contributed by atoms with E-state index in [1.165, 1.54) is 19.1 Å². The van der Waals surface area contributed by atoms with Gasteiger partial charge in [0.1, 0.15) is 40.6 Å². The molecule has 0 aliphatic rings. The van der Waals surface area contributed by atoms with Gasteiger partial charge in [-0.3, -0.25) is 4.79 Å². The lowest BCUT2D eigenvalue weighted by molar-refractivity contribution is -0.120. The number of Topliss-reactive ketones (excluding diaryl/α,β-unsaturated/α-hetero) is 1. The van der Waals surface area contributed by atoms with E-state index in [-0.39, 0.29) is 35.3 Å². The summed E-state index contributed by atoms with van der Waals surface area (Å²) in [7, 11) is -2.42. The van der Waals surface area contributed by atoms with Crippen molar-refractivity contribution in [2.45, 2.75) is 112 Å². The first-order chi connectivity index (χ1) is 23.9. The summed E-state index contributed by atoms with van der Waals surface area (Å²) in [4.78, 5) is 56.4. The summed E-state index contributed by atoms with van der Waals surface area (Å²) in [6, 6.07) is 17.0. The molecular formula is C40H52FNO9Si. The number of carbonyl (C=O) groups is 4. The molecule has 0 aromatic heterocycles. The van der Waals surface area contributed by atoms with Crippen LogP contribution in [-0.4, -0.2) is 50.1 Å². The molecule has 3 rings (SSSR count). The normalized spacial score (nSPS) is 12.2. The summed E-state index contributed by atoms with van der Waals surface area (Å²) in [5.74, 6) is -2.82. The van der Waals surface area contributed by atoms with Gasteiger partial charge in [-0.1, -0.05) is 69.3 Å². The van der Waals surface area contributed by atoms with Crippen molar-refractivity contribution in [2.24, 2.45) is 0 Å². The molecule has 0 aliphatic heterocycles. The largest absolute Gasteiger partial charge is 0.486 e. The number of benzene rings is 3. The summed E-state index contributed by atoms with van der Waals surface area (Å²) >= 11 is 0. The van der Waals surface area contributed by atoms with Gasteiger partial charge >= 0.3 is 18.2 Å². The van der Waals surface area contributed by atoms with Crippen LogP contribution in [0.1, 0.15) is 89.4 Å². The number of nitrogens with zero attached hydrogens (tertiary/aromatic N) is 1. The first-order valence-corrected chi connectivity index (χ1v) is 20.0. The number of imide groups is 1. The molecule has 0 bridgehead atoms. The van der Waals surface area contributed by atoms with Crippen LogP contribution in [0.25, 0.3) is 0 Å². The molecule has 0 N–H and O–H groups in total. The number of rotatable bonds is 11. The SMILES string of the molecule is Cc1c(F)c(CC(=O)CO[Si](C)(C)C(C)(C)C)c(N(C(=O)OC(C)(C)C)C(=O)OC(C)(C)C)c(OCc2ccccc2)c1C(=O)Oc1ccccc1. The lowest BCUT2D eigenvalue weighted by atomic mass is 9.96. The Balaban J connectivity index is 2.40. The fourth-order valence-electron chi connectivity index (χ4n) is 4.62. The predicted molar refractivity (Wildman–Crippen MR) is 200 cm³/mol. The highest BCUT2D eigenvalue weighted by Crippen LogP contribution is 2.43. The number of halogens is 1. The number of para-hydroxylation sites is 1. The first-order valence-electron chi connectivity index (χ1n) is 17.1. The molecule has 2 amide bonds. The van der Waals surface area contributed by atoms with Crippen molar-refractivity contribution in [3.8, 4) is 11.5 Å². The van der Waals surface area contributed by atoms with Gasteiger partial charge in [-0.2, -0.15) is 4.90 Å². The number of esters is 1. The van der Waals surface area contributed by atoms with Crippen LogP contribution >= 0.6 is 0 Å². The molecule has 0 atom stereocenters. The molecule has 10 nitrogen and oxygen atoms in total. The minimum atomic E-state index is -2.42. The van der Waals surface area contributed by atoms with E-state index in [1.807, 2.05) is 39.9 Å². The minimum absolute atomic E-state index is 0.154. The Bertz CT molecular complexity index is 1730. The van der Waals surface area contributed by atoms with Crippen LogP contribution in [0.2, 0.25) is 18.1 Å². The number of hydrogen-bond acceptors (Lipinski definition) is 9. The van der Waals surface area contributed by atoms with Crippen LogP contribution in [0.15, 0.2) is 60.7 Å². The molecule has 0 fully saturated rings. The molecule has 0 aliphatic carbocycles. The van der Waals surface area contributed by atoms with E-state index in [0.29, 0.717) is 10.5 Å². The van der Waals surface area contributed by atoms with Crippen LogP contribution < -0.4 is 14.4 Å². The third-order valence-electron chi connectivity index (χ3n) is 8.23. The smallest absolute Gasteiger partial charge is 0.424 e. The van der Waals surface area contributed by atoms with E-state index in [0.717, 1.165) is 0 Å². The Labute approximate surface area is 307 Å². The number of ether oxygens (including phenoxy) is 4. The fraction of sp³-hybridized carbons (Fsp3) is 0.450. The second-order valence-corrected chi connectivity index (χ2v) is 20.8. The van der Waals surface area contributed by atoms with E-state index in [4.69, 9.17) is 23.4 Å². The van der Waals surface area contributed by atoms with E-state index >= 15 is 4.39 Å². The summed E-state index contributed by atoms with van der Waals surface area (Å²) in [6.45, 7) is 20.4. The Morgan fingerprint density at radius 2 is 1.27 bits per heavy atom. The Morgan fingerprint density at radius 1 is 0.769 bits per heavy atom. The molecule has 0 saturated heterocycles. The standard InChI is InChI=1S/C40H52FNO9Si/c1-26-31(35(44)49-29-21-17-14-18-22-29)34(47-24-27-19-15-13-16-20-27)33(42(36(45)50-38(2,3)4)37(46)51-39(5,6)7)30(32(26)41)23-28(43)25-48-52(11,12)40(8,9)10/h13-22H,23-25H2,1-12H3. The number of hydrogen-bond donors (Lipinski definition) is 0. The van der Waals surface area contributed by atoms with Gasteiger partial charge in [0.2, 0.25) is 0 Å². The fourth-order valence-corrected chi connectivity index (χ4v) is 5.58. The quantitative estimate of drug-likeness (QED) is 0.108. The zero-order chi connectivity index (χ0) is 39.2. The van der Waals surface area contributed by atoms with Crippen molar-refractivity contribution in [1.29, 1.82) is 0 Å². The third-order valence-corrected chi connectivity index (χ3v) is 12.7. The third kappa shape index (κ3) is 11.2. The van der Waals surface area contributed by atoms with Crippen molar-refractivity contribution in [3.63, 3.8) is 0 Å². The molecule has 282 valence electrons. The maximum Gasteiger partial charge on any atom is 0.424 e. The highest BCUT2D eigenvalue weighted by Gasteiger charge is 2.42. The van der Waals surface area contributed by atoms with Gasteiger partial charge in [-0.15, -0.1) is 0 Å².